The molecule has 1 fully saturated rings. The highest BCUT2D eigenvalue weighted by molar-refractivity contribution is 5.82. The number of carbonyl (C=O) groups excluding carboxylic acids is 1. The van der Waals surface area contributed by atoms with Gasteiger partial charge in [0.15, 0.2) is 0 Å². The van der Waals surface area contributed by atoms with E-state index in [2.05, 4.69) is 6.07 Å². The van der Waals surface area contributed by atoms with E-state index in [1.807, 2.05) is 30.3 Å². The third-order valence-corrected chi connectivity index (χ3v) is 3.36. The van der Waals surface area contributed by atoms with E-state index >= 15 is 0 Å². The van der Waals surface area contributed by atoms with E-state index in [0.29, 0.717) is 6.54 Å². The number of alkyl halides is 3. The first-order chi connectivity index (χ1) is 11.7. The van der Waals surface area contributed by atoms with Gasteiger partial charge in [-0.2, -0.15) is 18.4 Å². The number of hydrazine groups is 1. The van der Waals surface area contributed by atoms with Crippen molar-refractivity contribution < 1.29 is 27.9 Å². The molecule has 1 saturated heterocycles. The summed E-state index contributed by atoms with van der Waals surface area (Å²) in [7, 11) is 0. The van der Waals surface area contributed by atoms with Crippen molar-refractivity contribution in [2.24, 2.45) is 5.84 Å². The second kappa shape index (κ2) is 8.89. The van der Waals surface area contributed by atoms with Crippen LogP contribution in [-0.4, -0.2) is 47.2 Å². The van der Waals surface area contributed by atoms with Gasteiger partial charge in [0.05, 0.1) is 11.8 Å². The van der Waals surface area contributed by atoms with Gasteiger partial charge in [0.2, 0.25) is 5.91 Å². The van der Waals surface area contributed by atoms with Crippen LogP contribution in [0.2, 0.25) is 0 Å². The zero-order valence-electron chi connectivity index (χ0n) is 13.1. The fraction of sp³-hybridized carbons (Fsp3) is 0.400. The standard InChI is InChI=1S/C13H16N4O.C2HF3O2/c14-9-12-7-4-8-16(12)13(18)10-17(15)11-5-2-1-3-6-11;3-2(4,5)1(6)7/h1-3,5-6,12H,4,7-8,10,15H2;(H,6,7). The number of halogens is 3. The first-order valence-electron chi connectivity index (χ1n) is 7.23. The number of para-hydroxylation sites is 1. The van der Waals surface area contributed by atoms with Crippen molar-refractivity contribution in [3.05, 3.63) is 30.3 Å². The maximum absolute atomic E-state index is 12.1. The summed E-state index contributed by atoms with van der Waals surface area (Å²) < 4.78 is 31.7. The van der Waals surface area contributed by atoms with Gasteiger partial charge in [-0.05, 0) is 25.0 Å². The number of nitriles is 1. The summed E-state index contributed by atoms with van der Waals surface area (Å²) in [6.07, 6.45) is -3.43. The van der Waals surface area contributed by atoms with Crippen LogP contribution in [-0.2, 0) is 9.59 Å². The Kier molecular flexibility index (Phi) is 7.20. The second-order valence-corrected chi connectivity index (χ2v) is 5.14. The van der Waals surface area contributed by atoms with Crippen molar-refractivity contribution in [3.8, 4) is 6.07 Å². The maximum atomic E-state index is 12.1. The molecule has 2 rings (SSSR count). The number of nitrogens with two attached hydrogens (primary N) is 1. The highest BCUT2D eigenvalue weighted by Crippen LogP contribution is 2.17. The molecule has 3 N–H and O–H groups in total. The van der Waals surface area contributed by atoms with E-state index in [-0.39, 0.29) is 18.5 Å². The van der Waals surface area contributed by atoms with Crippen molar-refractivity contribution in [1.82, 2.24) is 4.90 Å². The van der Waals surface area contributed by atoms with Crippen LogP contribution in [0.1, 0.15) is 12.8 Å². The third kappa shape index (κ3) is 6.31. The lowest BCUT2D eigenvalue weighted by Gasteiger charge is -2.24. The van der Waals surface area contributed by atoms with Crippen LogP contribution >= 0.6 is 0 Å². The molecule has 1 aromatic rings. The summed E-state index contributed by atoms with van der Waals surface area (Å²) in [5, 5.41) is 17.5. The lowest BCUT2D eigenvalue weighted by Crippen LogP contribution is -2.45. The Hall–Kier alpha value is -2.80. The zero-order valence-corrected chi connectivity index (χ0v) is 13.1. The van der Waals surface area contributed by atoms with E-state index in [1.54, 1.807) is 4.90 Å². The van der Waals surface area contributed by atoms with E-state index in [4.69, 9.17) is 21.0 Å². The number of hydrogen-bond donors (Lipinski definition) is 2. The normalized spacial score (nSPS) is 16.4. The maximum Gasteiger partial charge on any atom is 0.490 e. The number of carboxylic acids is 1. The highest BCUT2D eigenvalue weighted by Gasteiger charge is 2.38. The van der Waals surface area contributed by atoms with Gasteiger partial charge >= 0.3 is 12.1 Å². The van der Waals surface area contributed by atoms with Gasteiger partial charge in [-0.15, -0.1) is 0 Å². The van der Waals surface area contributed by atoms with Crippen LogP contribution in [0.25, 0.3) is 0 Å². The molecular weight excluding hydrogens is 341 g/mol. The van der Waals surface area contributed by atoms with E-state index in [1.165, 1.54) is 5.01 Å². The molecule has 1 aliphatic rings. The number of amides is 1. The Labute approximate surface area is 142 Å². The first-order valence-corrected chi connectivity index (χ1v) is 7.23. The monoisotopic (exact) mass is 358 g/mol. The number of hydrogen-bond acceptors (Lipinski definition) is 5. The molecule has 0 bridgehead atoms. The molecule has 0 spiro atoms. The van der Waals surface area contributed by atoms with Crippen LogP contribution in [0.5, 0.6) is 0 Å². The second-order valence-electron chi connectivity index (χ2n) is 5.14. The number of nitrogens with zero attached hydrogens (tertiary/aromatic N) is 3. The third-order valence-electron chi connectivity index (χ3n) is 3.36. The first kappa shape index (κ1) is 20.2. The van der Waals surface area contributed by atoms with Crippen LogP contribution in [0, 0.1) is 11.3 Å². The van der Waals surface area contributed by atoms with Crippen LogP contribution < -0.4 is 10.9 Å². The molecule has 0 radical (unpaired) electrons. The van der Waals surface area contributed by atoms with Crippen molar-refractivity contribution in [2.45, 2.75) is 25.1 Å². The van der Waals surface area contributed by atoms with Crippen molar-refractivity contribution >= 4 is 17.6 Å². The molecule has 0 saturated carbocycles. The van der Waals surface area contributed by atoms with E-state index in [0.717, 1.165) is 18.5 Å². The van der Waals surface area contributed by atoms with Crippen LogP contribution in [0.15, 0.2) is 30.3 Å². The number of aliphatic carboxylic acids is 1. The van der Waals surface area contributed by atoms with Crippen molar-refractivity contribution in [2.75, 3.05) is 18.1 Å². The molecule has 136 valence electrons. The van der Waals surface area contributed by atoms with Crippen molar-refractivity contribution in [3.63, 3.8) is 0 Å². The Bertz CT molecular complexity index is 631. The predicted octanol–water partition coefficient (Wildman–Crippen LogP) is 1.51. The number of carboxylic acid groups (broad SMARTS) is 1. The zero-order chi connectivity index (χ0) is 19.0. The number of anilines is 1. The topological polar surface area (TPSA) is 111 Å². The van der Waals surface area contributed by atoms with Gasteiger partial charge in [0.25, 0.3) is 0 Å². The highest BCUT2D eigenvalue weighted by atomic mass is 19.4. The van der Waals surface area contributed by atoms with Gasteiger partial charge in [-0.1, -0.05) is 18.2 Å². The van der Waals surface area contributed by atoms with Gasteiger partial charge < -0.3 is 15.0 Å². The fourth-order valence-electron chi connectivity index (χ4n) is 2.15. The molecule has 1 aliphatic heterocycles. The van der Waals surface area contributed by atoms with Crippen LogP contribution in [0.3, 0.4) is 0 Å². The minimum Gasteiger partial charge on any atom is -0.475 e. The largest absolute Gasteiger partial charge is 0.490 e. The summed E-state index contributed by atoms with van der Waals surface area (Å²) in [5.74, 6) is 3.00. The minimum absolute atomic E-state index is 0.0922. The molecule has 1 heterocycles. The van der Waals surface area contributed by atoms with E-state index in [9.17, 15) is 18.0 Å². The van der Waals surface area contributed by atoms with Gasteiger partial charge in [0.1, 0.15) is 12.6 Å². The molecule has 0 aliphatic carbocycles. The van der Waals surface area contributed by atoms with Gasteiger partial charge in [0, 0.05) is 6.54 Å². The predicted molar refractivity (Wildman–Crippen MR) is 82.0 cm³/mol. The van der Waals surface area contributed by atoms with Gasteiger partial charge in [-0.3, -0.25) is 4.79 Å². The molecule has 1 unspecified atom stereocenters. The van der Waals surface area contributed by atoms with Crippen molar-refractivity contribution in [1.29, 1.82) is 5.26 Å². The molecule has 7 nitrogen and oxygen atoms in total. The number of rotatable bonds is 3. The Morgan fingerprint density at radius 2 is 1.92 bits per heavy atom. The summed E-state index contributed by atoms with van der Waals surface area (Å²) in [6, 6.07) is 11.2. The molecule has 10 heteroatoms. The molecule has 0 aromatic heterocycles. The molecule has 1 aromatic carbocycles. The Balaban J connectivity index is 0.000000381. The Morgan fingerprint density at radius 3 is 2.40 bits per heavy atom. The average molecular weight is 358 g/mol. The van der Waals surface area contributed by atoms with Gasteiger partial charge in [-0.25, -0.2) is 10.6 Å². The summed E-state index contributed by atoms with van der Waals surface area (Å²) in [6.45, 7) is 0.752. The summed E-state index contributed by atoms with van der Waals surface area (Å²) >= 11 is 0. The van der Waals surface area contributed by atoms with E-state index < -0.39 is 12.1 Å². The SMILES string of the molecule is N#CC1CCCN1C(=O)CN(N)c1ccccc1.O=C(O)C(F)(F)F. The van der Waals surface area contributed by atoms with Crippen LogP contribution in [0.4, 0.5) is 18.9 Å². The average Bonchev–Trinajstić information content (AvgIpc) is 3.04. The number of likely N-dealkylation sites (tertiary alicyclic amines) is 1. The number of benzene rings is 1. The molecule has 1 amide bonds. The summed E-state index contributed by atoms with van der Waals surface area (Å²) in [4.78, 5) is 22.6. The lowest BCUT2D eigenvalue weighted by atomic mass is 10.2. The lowest BCUT2D eigenvalue weighted by molar-refractivity contribution is -0.192. The molecular formula is C15H17F3N4O3. The molecule has 25 heavy (non-hydrogen) atoms. The quantitative estimate of drug-likeness (QED) is 0.626. The smallest absolute Gasteiger partial charge is 0.475 e. The fourth-order valence-corrected chi connectivity index (χ4v) is 2.15. The number of carbonyl (C=O) groups is 2. The Morgan fingerprint density at radius 1 is 1.36 bits per heavy atom. The molecule has 1 atom stereocenters. The minimum atomic E-state index is -5.08. The summed E-state index contributed by atoms with van der Waals surface area (Å²) in [5.41, 5.74) is 0.790.